The number of benzene rings is 2. The lowest BCUT2D eigenvalue weighted by Crippen LogP contribution is -2.24. The van der Waals surface area contributed by atoms with E-state index in [4.69, 9.17) is 0 Å². The van der Waals surface area contributed by atoms with Crippen molar-refractivity contribution in [2.75, 3.05) is 0 Å². The number of hydrogen-bond acceptors (Lipinski definition) is 1. The van der Waals surface area contributed by atoms with Crippen LogP contribution in [-0.2, 0) is 0 Å². The summed E-state index contributed by atoms with van der Waals surface area (Å²) in [7, 11) is 0. The second-order valence-corrected chi connectivity index (χ2v) is 6.23. The Morgan fingerprint density at radius 2 is 1.75 bits per heavy atom. The van der Waals surface area contributed by atoms with Crippen LogP contribution in [0.2, 0.25) is 0 Å². The lowest BCUT2D eigenvalue weighted by atomic mass is 10.0. The molecule has 2 atom stereocenters. The Morgan fingerprint density at radius 1 is 1.05 bits per heavy atom. The van der Waals surface area contributed by atoms with E-state index in [0.717, 1.165) is 10.9 Å². The molecule has 0 heterocycles. The van der Waals surface area contributed by atoms with E-state index >= 15 is 0 Å². The summed E-state index contributed by atoms with van der Waals surface area (Å²) in [5, 5.41) is 3.73. The maximum atomic E-state index is 3.73. The number of hydrogen-bond donors (Lipinski definition) is 1. The molecule has 2 aromatic rings. The van der Waals surface area contributed by atoms with Gasteiger partial charge >= 0.3 is 0 Å². The quantitative estimate of drug-likeness (QED) is 0.756. The number of halogens is 1. The molecule has 2 heteroatoms. The lowest BCUT2D eigenvalue weighted by Gasteiger charge is -2.23. The Bertz CT molecular complexity index is 565. The molecule has 0 fully saturated rings. The summed E-state index contributed by atoms with van der Waals surface area (Å²) in [6.45, 7) is 6.60. The highest BCUT2D eigenvalue weighted by Crippen LogP contribution is 2.24. The zero-order valence-corrected chi connectivity index (χ0v) is 13.9. The molecule has 1 nitrogen and oxygen atoms in total. The van der Waals surface area contributed by atoms with Gasteiger partial charge in [0.05, 0.1) is 0 Å². The molecule has 0 aliphatic carbocycles. The van der Waals surface area contributed by atoms with E-state index in [1.807, 2.05) is 0 Å². The first-order chi connectivity index (χ1) is 9.60. The summed E-state index contributed by atoms with van der Waals surface area (Å²) >= 11 is 3.55. The van der Waals surface area contributed by atoms with Crippen molar-refractivity contribution in [1.29, 1.82) is 0 Å². The summed E-state index contributed by atoms with van der Waals surface area (Å²) < 4.78 is 1.14. The third kappa shape index (κ3) is 3.94. The molecule has 1 N–H and O–H groups in total. The van der Waals surface area contributed by atoms with E-state index in [9.17, 15) is 0 Å². The van der Waals surface area contributed by atoms with Gasteiger partial charge in [-0.25, -0.2) is 0 Å². The monoisotopic (exact) mass is 331 g/mol. The molecule has 2 aromatic carbocycles. The molecule has 0 aromatic heterocycles. The normalized spacial score (nSPS) is 14.0. The molecule has 0 spiro atoms. The summed E-state index contributed by atoms with van der Waals surface area (Å²) in [4.78, 5) is 0. The van der Waals surface area contributed by atoms with Crippen molar-refractivity contribution in [3.05, 3.63) is 69.7 Å². The molecule has 106 valence electrons. The molecule has 20 heavy (non-hydrogen) atoms. The maximum absolute atomic E-state index is 3.73. The summed E-state index contributed by atoms with van der Waals surface area (Å²) in [6.07, 6.45) is 1.08. The van der Waals surface area contributed by atoms with Crippen LogP contribution in [0.4, 0.5) is 0 Å². The molecule has 0 saturated heterocycles. The van der Waals surface area contributed by atoms with E-state index < -0.39 is 0 Å². The Kier molecular flexibility index (Phi) is 5.38. The fourth-order valence-electron chi connectivity index (χ4n) is 2.51. The van der Waals surface area contributed by atoms with Crippen LogP contribution in [0.5, 0.6) is 0 Å². The minimum absolute atomic E-state index is 0.346. The van der Waals surface area contributed by atoms with Crippen LogP contribution in [0, 0.1) is 6.92 Å². The van der Waals surface area contributed by atoms with Gasteiger partial charge in [-0.05, 0) is 43.5 Å². The third-order valence-corrected chi connectivity index (χ3v) is 4.15. The van der Waals surface area contributed by atoms with Gasteiger partial charge in [0.15, 0.2) is 0 Å². The molecule has 0 bridgehead atoms. The smallest absolute Gasteiger partial charge is 0.0323 e. The Balaban J connectivity index is 2.14. The highest BCUT2D eigenvalue weighted by atomic mass is 79.9. The van der Waals surface area contributed by atoms with E-state index in [0.29, 0.717) is 12.1 Å². The van der Waals surface area contributed by atoms with E-state index in [1.165, 1.54) is 16.7 Å². The minimum Gasteiger partial charge on any atom is -0.303 e. The fourth-order valence-corrected chi connectivity index (χ4v) is 2.93. The van der Waals surface area contributed by atoms with Crippen molar-refractivity contribution >= 4 is 15.9 Å². The standard InChI is InChI=1S/C18H22BrN/c1-4-18(16-9-6-10-17(19)12-16)20-14(3)15-8-5-7-13(2)11-15/h5-12,14,18,20H,4H2,1-3H3/t14-,18?/m1/s1. The van der Waals surface area contributed by atoms with Gasteiger partial charge in [0.2, 0.25) is 0 Å². The molecular formula is C18H22BrN. The van der Waals surface area contributed by atoms with Crippen LogP contribution in [0.25, 0.3) is 0 Å². The first-order valence-corrected chi connectivity index (χ1v) is 7.97. The summed E-state index contributed by atoms with van der Waals surface area (Å²) in [5.41, 5.74) is 3.99. The zero-order valence-electron chi connectivity index (χ0n) is 12.4. The molecule has 0 aliphatic heterocycles. The predicted octanol–water partition coefficient (Wildman–Crippen LogP) is 5.56. The highest BCUT2D eigenvalue weighted by Gasteiger charge is 2.14. The molecule has 0 aliphatic rings. The lowest BCUT2D eigenvalue weighted by molar-refractivity contribution is 0.456. The van der Waals surface area contributed by atoms with Crippen LogP contribution in [0.15, 0.2) is 53.0 Å². The van der Waals surface area contributed by atoms with Crippen molar-refractivity contribution in [3.8, 4) is 0 Å². The molecule has 0 saturated carbocycles. The van der Waals surface area contributed by atoms with Crippen LogP contribution in [0.3, 0.4) is 0 Å². The van der Waals surface area contributed by atoms with E-state index in [1.54, 1.807) is 0 Å². The zero-order chi connectivity index (χ0) is 14.5. The first-order valence-electron chi connectivity index (χ1n) is 7.18. The SMILES string of the molecule is CCC(N[C@H](C)c1cccc(C)c1)c1cccc(Br)c1. The summed E-state index contributed by atoms with van der Waals surface area (Å²) in [6, 6.07) is 18.0. The van der Waals surface area contributed by atoms with Crippen molar-refractivity contribution in [2.24, 2.45) is 0 Å². The topological polar surface area (TPSA) is 12.0 Å². The van der Waals surface area contributed by atoms with E-state index in [2.05, 4.69) is 90.5 Å². The third-order valence-electron chi connectivity index (χ3n) is 3.65. The number of nitrogens with one attached hydrogen (secondary N) is 1. The Labute approximate surface area is 130 Å². The molecule has 0 radical (unpaired) electrons. The predicted molar refractivity (Wildman–Crippen MR) is 89.9 cm³/mol. The Morgan fingerprint density at radius 3 is 2.40 bits per heavy atom. The molecule has 0 amide bonds. The van der Waals surface area contributed by atoms with Crippen molar-refractivity contribution in [1.82, 2.24) is 5.32 Å². The highest BCUT2D eigenvalue weighted by molar-refractivity contribution is 9.10. The van der Waals surface area contributed by atoms with Crippen LogP contribution in [-0.4, -0.2) is 0 Å². The van der Waals surface area contributed by atoms with Crippen LogP contribution in [0.1, 0.15) is 49.0 Å². The van der Waals surface area contributed by atoms with Gasteiger partial charge in [0, 0.05) is 16.6 Å². The van der Waals surface area contributed by atoms with E-state index in [-0.39, 0.29) is 0 Å². The fraction of sp³-hybridized carbons (Fsp3) is 0.333. The molecular weight excluding hydrogens is 310 g/mol. The van der Waals surface area contributed by atoms with Crippen molar-refractivity contribution in [2.45, 2.75) is 39.3 Å². The second kappa shape index (κ2) is 7.05. The van der Waals surface area contributed by atoms with Gasteiger partial charge in [-0.2, -0.15) is 0 Å². The largest absolute Gasteiger partial charge is 0.303 e. The molecule has 2 rings (SSSR count). The Hall–Kier alpha value is -1.12. The minimum atomic E-state index is 0.346. The molecule has 1 unspecified atom stereocenters. The average Bonchev–Trinajstić information content (AvgIpc) is 2.44. The van der Waals surface area contributed by atoms with Crippen molar-refractivity contribution < 1.29 is 0 Å². The van der Waals surface area contributed by atoms with Gasteiger partial charge in [-0.3, -0.25) is 0 Å². The maximum Gasteiger partial charge on any atom is 0.0323 e. The number of aryl methyl sites for hydroxylation is 1. The van der Waals surface area contributed by atoms with Gasteiger partial charge in [-0.15, -0.1) is 0 Å². The van der Waals surface area contributed by atoms with Gasteiger partial charge in [0.25, 0.3) is 0 Å². The second-order valence-electron chi connectivity index (χ2n) is 5.32. The summed E-state index contributed by atoms with van der Waals surface area (Å²) in [5.74, 6) is 0. The average molecular weight is 332 g/mol. The van der Waals surface area contributed by atoms with Crippen LogP contribution < -0.4 is 5.32 Å². The van der Waals surface area contributed by atoms with Gasteiger partial charge < -0.3 is 5.32 Å². The van der Waals surface area contributed by atoms with Crippen molar-refractivity contribution in [3.63, 3.8) is 0 Å². The van der Waals surface area contributed by atoms with Gasteiger partial charge in [0.1, 0.15) is 0 Å². The first kappa shape index (κ1) is 15.3. The van der Waals surface area contributed by atoms with Gasteiger partial charge in [-0.1, -0.05) is 64.8 Å². The number of rotatable bonds is 5. The van der Waals surface area contributed by atoms with Crippen LogP contribution >= 0.6 is 15.9 Å².